The summed E-state index contributed by atoms with van der Waals surface area (Å²) >= 11 is 0. The van der Waals surface area contributed by atoms with Gasteiger partial charge in [-0.2, -0.15) is 0 Å². The number of hydrogen-bond donors (Lipinski definition) is 1. The van der Waals surface area contributed by atoms with Crippen molar-refractivity contribution in [2.45, 2.75) is 18.8 Å². The summed E-state index contributed by atoms with van der Waals surface area (Å²) < 4.78 is 0. The molecule has 0 saturated heterocycles. The van der Waals surface area contributed by atoms with Gasteiger partial charge >= 0.3 is 0 Å². The average Bonchev–Trinajstić information content (AvgIpc) is 2.82. The van der Waals surface area contributed by atoms with Crippen LogP contribution in [0.2, 0.25) is 0 Å². The summed E-state index contributed by atoms with van der Waals surface area (Å²) in [5.74, 6) is -0.115. The van der Waals surface area contributed by atoms with Gasteiger partial charge in [0, 0.05) is 11.5 Å². The van der Waals surface area contributed by atoms with Crippen LogP contribution in [0.3, 0.4) is 0 Å². The first-order valence-corrected chi connectivity index (χ1v) is 6.15. The second kappa shape index (κ2) is 4.30. The van der Waals surface area contributed by atoms with Gasteiger partial charge in [0.15, 0.2) is 0 Å². The highest BCUT2D eigenvalue weighted by Gasteiger charge is 2.26. The Balaban J connectivity index is 2.10. The lowest BCUT2D eigenvalue weighted by molar-refractivity contribution is 0.0999. The Morgan fingerprint density at radius 1 is 1.22 bits per heavy atom. The standard InChI is InChI=1S/C16H14NO/c17-16(18)15-8-4-3-7-13(15)14-10-9-11-5-1-2-6-12(11)14/h1-6,8,14H,9-10H2,(H2,17,18). The van der Waals surface area contributed by atoms with Crippen LogP contribution < -0.4 is 5.73 Å². The van der Waals surface area contributed by atoms with Crippen molar-refractivity contribution in [3.05, 3.63) is 70.8 Å². The highest BCUT2D eigenvalue weighted by atomic mass is 16.1. The maximum absolute atomic E-state index is 11.5. The van der Waals surface area contributed by atoms with E-state index in [0.29, 0.717) is 5.56 Å². The van der Waals surface area contributed by atoms with Gasteiger partial charge in [0.1, 0.15) is 0 Å². The van der Waals surface area contributed by atoms with E-state index in [9.17, 15) is 4.79 Å². The molecule has 2 N–H and O–H groups in total. The van der Waals surface area contributed by atoms with Crippen molar-refractivity contribution < 1.29 is 4.79 Å². The van der Waals surface area contributed by atoms with E-state index in [-0.39, 0.29) is 11.8 Å². The quantitative estimate of drug-likeness (QED) is 0.855. The lowest BCUT2D eigenvalue weighted by atomic mass is 9.89. The van der Waals surface area contributed by atoms with Crippen LogP contribution in [0.5, 0.6) is 0 Å². The molecule has 2 aromatic carbocycles. The summed E-state index contributed by atoms with van der Waals surface area (Å²) in [5, 5.41) is 0. The summed E-state index contributed by atoms with van der Waals surface area (Å²) in [6.45, 7) is 0. The molecule has 0 saturated carbocycles. The van der Waals surface area contributed by atoms with Crippen LogP contribution in [-0.4, -0.2) is 5.91 Å². The first-order chi connectivity index (χ1) is 8.77. The van der Waals surface area contributed by atoms with Gasteiger partial charge in [-0.25, -0.2) is 0 Å². The molecule has 1 aliphatic rings. The number of benzene rings is 2. The van der Waals surface area contributed by atoms with Crippen LogP contribution in [0.4, 0.5) is 0 Å². The number of primary amides is 1. The van der Waals surface area contributed by atoms with Crippen LogP contribution in [-0.2, 0) is 6.42 Å². The Labute approximate surface area is 106 Å². The number of rotatable bonds is 2. The van der Waals surface area contributed by atoms with Gasteiger partial charge in [0.25, 0.3) is 0 Å². The normalized spacial score (nSPS) is 17.4. The summed E-state index contributed by atoms with van der Waals surface area (Å²) in [6.07, 6.45) is 2.09. The molecule has 1 atom stereocenters. The van der Waals surface area contributed by atoms with Crippen LogP contribution in [0.1, 0.15) is 39.4 Å². The van der Waals surface area contributed by atoms with Crippen molar-refractivity contribution in [3.8, 4) is 0 Å². The van der Waals surface area contributed by atoms with E-state index in [0.717, 1.165) is 18.4 Å². The molecule has 0 fully saturated rings. The Morgan fingerprint density at radius 3 is 2.89 bits per heavy atom. The van der Waals surface area contributed by atoms with Crippen LogP contribution in [0.25, 0.3) is 0 Å². The van der Waals surface area contributed by atoms with Gasteiger partial charge in [-0.05, 0) is 41.7 Å². The first kappa shape index (κ1) is 11.0. The molecule has 2 aromatic rings. The van der Waals surface area contributed by atoms with E-state index in [1.807, 2.05) is 18.2 Å². The predicted octanol–water partition coefficient (Wildman–Crippen LogP) is 2.66. The summed E-state index contributed by atoms with van der Waals surface area (Å²) in [7, 11) is 0. The van der Waals surface area contributed by atoms with Gasteiger partial charge in [-0.3, -0.25) is 4.79 Å². The first-order valence-electron chi connectivity index (χ1n) is 6.15. The van der Waals surface area contributed by atoms with Crippen molar-refractivity contribution in [2.75, 3.05) is 0 Å². The van der Waals surface area contributed by atoms with E-state index in [1.54, 1.807) is 6.07 Å². The molecule has 89 valence electrons. The Morgan fingerprint density at radius 2 is 2.06 bits per heavy atom. The lowest BCUT2D eigenvalue weighted by Gasteiger charge is -2.14. The number of carbonyl (C=O) groups excluding carboxylic acids is 1. The second-order valence-electron chi connectivity index (χ2n) is 4.65. The third-order valence-corrected chi connectivity index (χ3v) is 3.63. The molecule has 3 rings (SSSR count). The Bertz CT molecular complexity index is 604. The molecule has 2 nitrogen and oxygen atoms in total. The van der Waals surface area contributed by atoms with E-state index in [4.69, 9.17) is 5.73 Å². The minimum absolute atomic E-state index is 0.255. The molecule has 0 aliphatic heterocycles. The van der Waals surface area contributed by atoms with E-state index in [1.165, 1.54) is 11.1 Å². The fourth-order valence-corrected chi connectivity index (χ4v) is 2.81. The lowest BCUT2D eigenvalue weighted by Crippen LogP contribution is -2.15. The topological polar surface area (TPSA) is 43.1 Å². The number of aryl methyl sites for hydroxylation is 1. The summed E-state index contributed by atoms with van der Waals surface area (Å²) in [6, 6.07) is 17.0. The smallest absolute Gasteiger partial charge is 0.249 e. The Kier molecular flexibility index (Phi) is 2.63. The largest absolute Gasteiger partial charge is 0.366 e. The van der Waals surface area contributed by atoms with Crippen molar-refractivity contribution in [1.29, 1.82) is 0 Å². The van der Waals surface area contributed by atoms with Crippen molar-refractivity contribution in [3.63, 3.8) is 0 Å². The van der Waals surface area contributed by atoms with Crippen LogP contribution >= 0.6 is 0 Å². The number of hydrogen-bond acceptors (Lipinski definition) is 1. The summed E-state index contributed by atoms with van der Waals surface area (Å²) in [5.41, 5.74) is 9.66. The molecule has 0 heterocycles. The minimum Gasteiger partial charge on any atom is -0.366 e. The average molecular weight is 236 g/mol. The maximum atomic E-state index is 11.5. The predicted molar refractivity (Wildman–Crippen MR) is 70.4 cm³/mol. The van der Waals surface area contributed by atoms with Gasteiger partial charge in [-0.15, -0.1) is 0 Å². The number of amides is 1. The highest BCUT2D eigenvalue weighted by molar-refractivity contribution is 5.94. The van der Waals surface area contributed by atoms with Crippen molar-refractivity contribution in [1.82, 2.24) is 0 Å². The fourth-order valence-electron chi connectivity index (χ4n) is 2.81. The molecule has 1 amide bonds. The maximum Gasteiger partial charge on any atom is 0.249 e. The second-order valence-corrected chi connectivity index (χ2v) is 4.65. The van der Waals surface area contributed by atoms with Gasteiger partial charge in [0.2, 0.25) is 5.91 Å². The molecule has 1 unspecified atom stereocenters. The van der Waals surface area contributed by atoms with Crippen LogP contribution in [0, 0.1) is 6.07 Å². The van der Waals surface area contributed by atoms with E-state index in [2.05, 4.69) is 24.3 Å². The van der Waals surface area contributed by atoms with Gasteiger partial charge in [-0.1, -0.05) is 36.4 Å². The van der Waals surface area contributed by atoms with Crippen molar-refractivity contribution >= 4 is 5.91 Å². The molecule has 1 aliphatic carbocycles. The monoisotopic (exact) mass is 236 g/mol. The SMILES string of the molecule is NC(=O)c1ccc[c]c1C1CCc2ccccc21. The molecule has 1 radical (unpaired) electrons. The van der Waals surface area contributed by atoms with Crippen molar-refractivity contribution in [2.24, 2.45) is 5.73 Å². The number of fused-ring (bicyclic) bond motifs is 1. The van der Waals surface area contributed by atoms with E-state index >= 15 is 0 Å². The molecule has 0 bridgehead atoms. The van der Waals surface area contributed by atoms with Gasteiger partial charge < -0.3 is 5.73 Å². The minimum atomic E-state index is -0.369. The molecular formula is C16H14NO. The zero-order valence-electron chi connectivity index (χ0n) is 10.0. The number of carbonyl (C=O) groups is 1. The molecule has 18 heavy (non-hydrogen) atoms. The number of nitrogens with two attached hydrogens (primary N) is 1. The molecular weight excluding hydrogens is 222 g/mol. The fraction of sp³-hybridized carbons (Fsp3) is 0.188. The summed E-state index contributed by atoms with van der Waals surface area (Å²) in [4.78, 5) is 11.5. The highest BCUT2D eigenvalue weighted by Crippen LogP contribution is 2.38. The zero-order valence-corrected chi connectivity index (χ0v) is 10.0. The molecule has 2 heteroatoms. The van der Waals surface area contributed by atoms with Crippen LogP contribution in [0.15, 0.2) is 42.5 Å². The third kappa shape index (κ3) is 1.70. The molecule has 0 aromatic heterocycles. The van der Waals surface area contributed by atoms with Gasteiger partial charge in [0.05, 0.1) is 0 Å². The van der Waals surface area contributed by atoms with E-state index < -0.39 is 0 Å². The third-order valence-electron chi connectivity index (χ3n) is 3.63. The zero-order chi connectivity index (χ0) is 12.5. The Hall–Kier alpha value is -2.09. The molecule has 0 spiro atoms.